The Kier molecular flexibility index (Phi) is 13.9. The van der Waals surface area contributed by atoms with Gasteiger partial charge in [-0.1, -0.05) is 86.9 Å². The molecule has 0 saturated heterocycles. The van der Waals surface area contributed by atoms with Crippen molar-refractivity contribution in [2.45, 2.75) is 90.8 Å². The van der Waals surface area contributed by atoms with Gasteiger partial charge in [-0.05, 0) is 57.4 Å². The number of nitrogens with one attached hydrogen (secondary N) is 2. The van der Waals surface area contributed by atoms with E-state index in [1.165, 1.54) is 4.90 Å². The molecule has 0 radical (unpaired) electrons. The van der Waals surface area contributed by atoms with Crippen LogP contribution in [0.25, 0.3) is 0 Å². The van der Waals surface area contributed by atoms with Gasteiger partial charge in [0.2, 0.25) is 5.91 Å². The fraction of sp³-hybridized carbons (Fsp3) is 0.485. The van der Waals surface area contributed by atoms with Crippen LogP contribution in [0.3, 0.4) is 0 Å². The van der Waals surface area contributed by atoms with E-state index in [9.17, 15) is 19.5 Å². The van der Waals surface area contributed by atoms with E-state index in [0.717, 1.165) is 37.7 Å². The number of halogens is 1. The monoisotopic (exact) mass is 597 g/mol. The molecule has 0 heterocycles. The molecule has 0 fully saturated rings. The van der Waals surface area contributed by atoms with Gasteiger partial charge in [0.15, 0.2) is 0 Å². The highest BCUT2D eigenvalue weighted by atomic mass is 35.5. The van der Waals surface area contributed by atoms with Gasteiger partial charge in [0, 0.05) is 12.1 Å². The first-order chi connectivity index (χ1) is 19.9. The number of unbranched alkanes of at least 4 members (excludes halogenated alkanes) is 5. The average Bonchev–Trinajstić information content (AvgIpc) is 2.93. The van der Waals surface area contributed by atoms with Gasteiger partial charge in [0.25, 0.3) is 5.91 Å². The van der Waals surface area contributed by atoms with E-state index in [0.29, 0.717) is 28.3 Å². The normalized spacial score (nSPS) is 12.5. The van der Waals surface area contributed by atoms with Crippen LogP contribution >= 0.6 is 11.6 Å². The van der Waals surface area contributed by atoms with Crippen LogP contribution in [0.1, 0.15) is 89.0 Å². The Morgan fingerprint density at radius 3 is 2.33 bits per heavy atom. The Bertz CT molecular complexity index is 1230. The van der Waals surface area contributed by atoms with Gasteiger partial charge >= 0.3 is 6.09 Å². The molecule has 0 spiro atoms. The number of rotatable bonds is 14. The summed E-state index contributed by atoms with van der Waals surface area (Å²) in [7, 11) is 0. The number of nitrogens with zero attached hydrogens (tertiary/aromatic N) is 1. The van der Waals surface area contributed by atoms with Crippen LogP contribution < -0.4 is 10.6 Å². The Morgan fingerprint density at radius 1 is 1.05 bits per heavy atom. The highest BCUT2D eigenvalue weighted by Crippen LogP contribution is 2.31. The molecule has 2 aromatic carbocycles. The van der Waals surface area contributed by atoms with Crippen molar-refractivity contribution in [1.29, 1.82) is 0 Å². The molecule has 0 aliphatic carbocycles. The molecule has 228 valence electrons. The second kappa shape index (κ2) is 16.8. The maximum absolute atomic E-state index is 14.1. The van der Waals surface area contributed by atoms with Gasteiger partial charge in [-0.2, -0.15) is 0 Å². The number of amides is 3. The first kappa shape index (κ1) is 34.7. The fourth-order valence-electron chi connectivity index (χ4n) is 4.56. The summed E-state index contributed by atoms with van der Waals surface area (Å²) >= 11 is 6.43. The molecule has 0 aliphatic rings. The molecule has 2 rings (SSSR count). The van der Waals surface area contributed by atoms with Gasteiger partial charge < -0.3 is 25.4 Å². The van der Waals surface area contributed by atoms with E-state index >= 15 is 0 Å². The summed E-state index contributed by atoms with van der Waals surface area (Å²) in [4.78, 5) is 42.2. The lowest BCUT2D eigenvalue weighted by Crippen LogP contribution is -2.54. The standard InChI is InChI=1S/C33H44ClN3O5/c1-7-9-10-11-12-15-21-37(31(40)27(22-38)35-32(41)42-33(4,5)6)29(25-19-14-13-18-24(25)8-2)30(39)36-28-23(3)17-16-20-26(28)34/h2,13-14,16-20,27,29,38H,7,9-12,15,21-22H2,1,3-6H3,(H,35,41)(H,36,39). The fourth-order valence-corrected chi connectivity index (χ4v) is 4.83. The molecule has 0 saturated carbocycles. The number of ether oxygens (including phenoxy) is 1. The zero-order valence-electron chi connectivity index (χ0n) is 25.3. The smallest absolute Gasteiger partial charge is 0.408 e. The summed E-state index contributed by atoms with van der Waals surface area (Å²) in [6, 6.07) is 9.64. The van der Waals surface area contributed by atoms with Gasteiger partial charge in [0.1, 0.15) is 17.7 Å². The number of aryl methyl sites for hydroxylation is 1. The van der Waals surface area contributed by atoms with E-state index < -0.39 is 42.2 Å². The maximum Gasteiger partial charge on any atom is 0.408 e. The van der Waals surface area contributed by atoms with Gasteiger partial charge in [-0.15, -0.1) is 6.42 Å². The lowest BCUT2D eigenvalue weighted by atomic mass is 9.97. The maximum atomic E-state index is 14.1. The van der Waals surface area contributed by atoms with Crippen LogP contribution in [0.2, 0.25) is 5.02 Å². The number of benzene rings is 2. The third-order valence-electron chi connectivity index (χ3n) is 6.65. The molecule has 42 heavy (non-hydrogen) atoms. The number of carbonyl (C=O) groups is 3. The molecule has 2 aromatic rings. The molecule has 3 amide bonds. The number of aliphatic hydroxyl groups excluding tert-OH is 1. The van der Waals surface area contributed by atoms with Crippen LogP contribution in [0.15, 0.2) is 42.5 Å². The van der Waals surface area contributed by atoms with Crippen molar-refractivity contribution in [3.8, 4) is 12.3 Å². The predicted molar refractivity (Wildman–Crippen MR) is 167 cm³/mol. The number of terminal acetylenes is 1. The van der Waals surface area contributed by atoms with Crippen LogP contribution in [-0.4, -0.2) is 52.7 Å². The second-order valence-electron chi connectivity index (χ2n) is 11.2. The van der Waals surface area contributed by atoms with Crippen molar-refractivity contribution >= 4 is 35.2 Å². The Balaban J connectivity index is 2.55. The SMILES string of the molecule is C#Cc1ccccc1C(C(=O)Nc1c(C)cccc1Cl)N(CCCCCCCC)C(=O)C(CO)NC(=O)OC(C)(C)C. The summed E-state index contributed by atoms with van der Waals surface area (Å²) in [5.41, 5.74) is 1.23. The first-order valence-electron chi connectivity index (χ1n) is 14.5. The largest absolute Gasteiger partial charge is 0.444 e. The first-order valence-corrected chi connectivity index (χ1v) is 14.8. The third-order valence-corrected chi connectivity index (χ3v) is 6.96. The lowest BCUT2D eigenvalue weighted by Gasteiger charge is -2.34. The number of hydrogen-bond donors (Lipinski definition) is 3. The zero-order chi connectivity index (χ0) is 31.3. The molecule has 2 atom stereocenters. The molecule has 8 nitrogen and oxygen atoms in total. The molecular formula is C33H44ClN3O5. The minimum absolute atomic E-state index is 0.190. The molecule has 9 heteroatoms. The molecule has 0 aromatic heterocycles. The van der Waals surface area contributed by atoms with E-state index in [1.54, 1.807) is 57.2 Å². The van der Waals surface area contributed by atoms with Gasteiger partial charge in [0.05, 0.1) is 17.3 Å². The molecule has 2 unspecified atom stereocenters. The van der Waals surface area contributed by atoms with E-state index in [2.05, 4.69) is 23.5 Å². The van der Waals surface area contributed by atoms with Crippen molar-refractivity contribution in [1.82, 2.24) is 10.2 Å². The van der Waals surface area contributed by atoms with Crippen molar-refractivity contribution in [3.05, 3.63) is 64.2 Å². The Labute approximate surface area is 255 Å². The minimum atomic E-state index is -1.35. The highest BCUT2D eigenvalue weighted by Gasteiger charge is 2.37. The molecule has 0 bridgehead atoms. The number of alkyl carbamates (subject to hydrolysis) is 1. The zero-order valence-corrected chi connectivity index (χ0v) is 26.1. The average molecular weight is 598 g/mol. The highest BCUT2D eigenvalue weighted by molar-refractivity contribution is 6.34. The van der Waals surface area contributed by atoms with Crippen molar-refractivity contribution < 1.29 is 24.2 Å². The van der Waals surface area contributed by atoms with Crippen LogP contribution in [0.4, 0.5) is 10.5 Å². The van der Waals surface area contributed by atoms with Gasteiger partial charge in [-0.3, -0.25) is 9.59 Å². The molecule has 3 N–H and O–H groups in total. The van der Waals surface area contributed by atoms with Crippen molar-refractivity contribution in [2.24, 2.45) is 0 Å². The number of para-hydroxylation sites is 1. The Hall–Kier alpha value is -3.54. The van der Waals surface area contributed by atoms with Crippen LogP contribution in [0, 0.1) is 19.3 Å². The van der Waals surface area contributed by atoms with E-state index in [4.69, 9.17) is 22.8 Å². The second-order valence-corrected chi connectivity index (χ2v) is 11.6. The third kappa shape index (κ3) is 10.4. The topological polar surface area (TPSA) is 108 Å². The number of hydrogen-bond acceptors (Lipinski definition) is 5. The summed E-state index contributed by atoms with van der Waals surface area (Å²) < 4.78 is 5.32. The number of aliphatic hydroxyl groups is 1. The van der Waals surface area contributed by atoms with Gasteiger partial charge in [-0.25, -0.2) is 4.79 Å². The van der Waals surface area contributed by atoms with Crippen LogP contribution in [0.5, 0.6) is 0 Å². The predicted octanol–water partition coefficient (Wildman–Crippen LogP) is 6.38. The quantitative estimate of drug-likeness (QED) is 0.173. The minimum Gasteiger partial charge on any atom is -0.444 e. The van der Waals surface area contributed by atoms with E-state index in [1.807, 2.05) is 13.0 Å². The summed E-state index contributed by atoms with van der Waals surface area (Å²) in [6.07, 6.45) is 10.7. The molecular weight excluding hydrogens is 554 g/mol. The summed E-state index contributed by atoms with van der Waals surface area (Å²) in [6.45, 7) is 8.54. The number of carbonyl (C=O) groups excluding carboxylic acids is 3. The Morgan fingerprint density at radius 2 is 1.71 bits per heavy atom. The van der Waals surface area contributed by atoms with Crippen molar-refractivity contribution in [2.75, 3.05) is 18.5 Å². The number of anilines is 1. The lowest BCUT2D eigenvalue weighted by molar-refractivity contribution is -0.141. The van der Waals surface area contributed by atoms with E-state index in [-0.39, 0.29) is 6.54 Å². The summed E-state index contributed by atoms with van der Waals surface area (Å²) in [5.74, 6) is 1.45. The summed E-state index contributed by atoms with van der Waals surface area (Å²) in [5, 5.41) is 15.9. The molecule has 0 aliphatic heterocycles. The van der Waals surface area contributed by atoms with Crippen LogP contribution in [-0.2, 0) is 14.3 Å². The van der Waals surface area contributed by atoms with Crippen molar-refractivity contribution in [3.63, 3.8) is 0 Å².